The molecule has 0 bridgehead atoms. The standard InChI is InChI=1S/C28H19BrN2O2/c29-20-8-6-7-19(17-20)27-18-25(24-11-4-5-12-26(24)31-27)28(32)30-21-13-15-23(16-14-21)33-22-9-2-1-3-10-22/h1-18H,(H,30,32). The summed E-state index contributed by atoms with van der Waals surface area (Å²) in [6, 6.07) is 34.3. The largest absolute Gasteiger partial charge is 0.457 e. The van der Waals surface area contributed by atoms with Gasteiger partial charge in [-0.25, -0.2) is 4.98 Å². The lowest BCUT2D eigenvalue weighted by molar-refractivity contribution is 0.102. The molecule has 160 valence electrons. The van der Waals surface area contributed by atoms with Gasteiger partial charge in [-0.15, -0.1) is 0 Å². The van der Waals surface area contributed by atoms with Crippen LogP contribution >= 0.6 is 15.9 Å². The Bertz CT molecular complexity index is 1430. The Morgan fingerprint density at radius 3 is 2.27 bits per heavy atom. The van der Waals surface area contributed by atoms with Gasteiger partial charge in [-0.05, 0) is 60.7 Å². The first kappa shape index (κ1) is 20.9. The molecule has 1 amide bonds. The van der Waals surface area contributed by atoms with Gasteiger partial charge in [0.2, 0.25) is 0 Å². The van der Waals surface area contributed by atoms with Gasteiger partial charge in [-0.1, -0.05) is 64.5 Å². The lowest BCUT2D eigenvalue weighted by Crippen LogP contribution is -2.13. The fraction of sp³-hybridized carbons (Fsp3) is 0. The number of hydrogen-bond acceptors (Lipinski definition) is 3. The molecule has 1 N–H and O–H groups in total. The fourth-order valence-corrected chi connectivity index (χ4v) is 3.99. The number of anilines is 1. The number of nitrogens with zero attached hydrogens (tertiary/aromatic N) is 1. The predicted molar refractivity (Wildman–Crippen MR) is 136 cm³/mol. The summed E-state index contributed by atoms with van der Waals surface area (Å²) in [5.41, 5.74) is 3.70. The van der Waals surface area contributed by atoms with Crippen LogP contribution in [0, 0.1) is 0 Å². The molecule has 0 radical (unpaired) electrons. The van der Waals surface area contributed by atoms with Gasteiger partial charge in [0.05, 0.1) is 16.8 Å². The van der Waals surface area contributed by atoms with E-state index in [1.165, 1.54) is 0 Å². The number of benzene rings is 4. The number of rotatable bonds is 5. The highest BCUT2D eigenvalue weighted by Gasteiger charge is 2.14. The first-order chi connectivity index (χ1) is 16.2. The van der Waals surface area contributed by atoms with E-state index in [1.807, 2.05) is 109 Å². The maximum Gasteiger partial charge on any atom is 0.256 e. The third-order valence-electron chi connectivity index (χ3n) is 5.17. The summed E-state index contributed by atoms with van der Waals surface area (Å²) in [6.45, 7) is 0. The van der Waals surface area contributed by atoms with Gasteiger partial charge in [0.25, 0.3) is 5.91 Å². The summed E-state index contributed by atoms with van der Waals surface area (Å²) in [6.07, 6.45) is 0. The van der Waals surface area contributed by atoms with Gasteiger partial charge >= 0.3 is 0 Å². The van der Waals surface area contributed by atoms with Crippen LogP contribution < -0.4 is 10.1 Å². The van der Waals surface area contributed by atoms with Crippen LogP contribution in [0.3, 0.4) is 0 Å². The van der Waals surface area contributed by atoms with Crippen molar-refractivity contribution in [1.82, 2.24) is 4.98 Å². The van der Waals surface area contributed by atoms with Crippen molar-refractivity contribution in [3.63, 3.8) is 0 Å². The van der Waals surface area contributed by atoms with Gasteiger partial charge in [-0.3, -0.25) is 4.79 Å². The van der Waals surface area contributed by atoms with Crippen LogP contribution in [0.2, 0.25) is 0 Å². The molecule has 4 aromatic carbocycles. The molecule has 1 heterocycles. The Balaban J connectivity index is 1.43. The number of para-hydroxylation sites is 2. The van der Waals surface area contributed by atoms with Crippen LogP contribution in [0.15, 0.2) is 114 Å². The normalized spacial score (nSPS) is 10.7. The van der Waals surface area contributed by atoms with E-state index in [9.17, 15) is 4.79 Å². The first-order valence-corrected chi connectivity index (χ1v) is 11.2. The molecular weight excluding hydrogens is 476 g/mol. The number of carbonyl (C=O) groups excluding carboxylic acids is 1. The average molecular weight is 495 g/mol. The highest BCUT2D eigenvalue weighted by atomic mass is 79.9. The Morgan fingerprint density at radius 2 is 1.48 bits per heavy atom. The van der Waals surface area contributed by atoms with Gasteiger partial charge in [0.15, 0.2) is 0 Å². The number of fused-ring (bicyclic) bond motifs is 1. The van der Waals surface area contributed by atoms with E-state index < -0.39 is 0 Å². The number of nitrogens with one attached hydrogen (secondary N) is 1. The van der Waals surface area contributed by atoms with Crippen molar-refractivity contribution in [2.75, 3.05) is 5.32 Å². The molecule has 5 aromatic rings. The van der Waals surface area contributed by atoms with Crippen molar-refractivity contribution in [3.8, 4) is 22.8 Å². The first-order valence-electron chi connectivity index (χ1n) is 10.5. The number of hydrogen-bond donors (Lipinski definition) is 1. The summed E-state index contributed by atoms with van der Waals surface area (Å²) < 4.78 is 6.79. The number of aromatic nitrogens is 1. The second-order valence-corrected chi connectivity index (χ2v) is 8.39. The van der Waals surface area contributed by atoms with E-state index in [0.29, 0.717) is 17.0 Å². The van der Waals surface area contributed by atoms with E-state index in [1.54, 1.807) is 0 Å². The zero-order valence-electron chi connectivity index (χ0n) is 17.5. The Kier molecular flexibility index (Phi) is 5.87. The number of amides is 1. The van der Waals surface area contributed by atoms with Crippen molar-refractivity contribution in [3.05, 3.63) is 119 Å². The second kappa shape index (κ2) is 9.27. The summed E-state index contributed by atoms with van der Waals surface area (Å²) in [7, 11) is 0. The molecule has 0 aliphatic heterocycles. The molecule has 0 atom stereocenters. The topological polar surface area (TPSA) is 51.2 Å². The van der Waals surface area contributed by atoms with Gasteiger partial charge in [-0.2, -0.15) is 0 Å². The monoisotopic (exact) mass is 494 g/mol. The minimum Gasteiger partial charge on any atom is -0.457 e. The third kappa shape index (κ3) is 4.78. The van der Waals surface area contributed by atoms with E-state index in [0.717, 1.165) is 32.4 Å². The maximum atomic E-state index is 13.3. The molecule has 0 fully saturated rings. The highest BCUT2D eigenvalue weighted by molar-refractivity contribution is 9.10. The molecule has 0 unspecified atom stereocenters. The molecule has 0 aliphatic rings. The number of pyridine rings is 1. The SMILES string of the molecule is O=C(Nc1ccc(Oc2ccccc2)cc1)c1cc(-c2cccc(Br)c2)nc2ccccc12. The lowest BCUT2D eigenvalue weighted by atomic mass is 10.0. The molecule has 4 nitrogen and oxygen atoms in total. The molecule has 33 heavy (non-hydrogen) atoms. The fourth-order valence-electron chi connectivity index (χ4n) is 3.59. The predicted octanol–water partition coefficient (Wildman–Crippen LogP) is 7.71. The summed E-state index contributed by atoms with van der Waals surface area (Å²) in [5.74, 6) is 1.27. The van der Waals surface area contributed by atoms with Gasteiger partial charge < -0.3 is 10.1 Å². The third-order valence-corrected chi connectivity index (χ3v) is 5.67. The van der Waals surface area contributed by atoms with Crippen molar-refractivity contribution < 1.29 is 9.53 Å². The zero-order chi connectivity index (χ0) is 22.6. The van der Waals surface area contributed by atoms with Crippen LogP contribution in [-0.4, -0.2) is 10.9 Å². The molecule has 0 aliphatic carbocycles. The van der Waals surface area contributed by atoms with E-state index >= 15 is 0 Å². The molecule has 0 saturated carbocycles. The second-order valence-electron chi connectivity index (χ2n) is 7.48. The van der Waals surface area contributed by atoms with Gasteiger partial charge in [0.1, 0.15) is 11.5 Å². The van der Waals surface area contributed by atoms with Crippen LogP contribution in [0.5, 0.6) is 11.5 Å². The molecule has 0 spiro atoms. The minimum absolute atomic E-state index is 0.193. The van der Waals surface area contributed by atoms with Crippen LogP contribution in [0.4, 0.5) is 5.69 Å². The van der Waals surface area contributed by atoms with Crippen LogP contribution in [0.25, 0.3) is 22.2 Å². The van der Waals surface area contributed by atoms with Crippen molar-refractivity contribution >= 4 is 38.4 Å². The Labute approximate surface area is 200 Å². The van der Waals surface area contributed by atoms with E-state index in [4.69, 9.17) is 9.72 Å². The van der Waals surface area contributed by atoms with Gasteiger partial charge in [0, 0.05) is 21.1 Å². The molecule has 1 aromatic heterocycles. The summed E-state index contributed by atoms with van der Waals surface area (Å²) >= 11 is 3.51. The number of halogens is 1. The van der Waals surface area contributed by atoms with Crippen molar-refractivity contribution in [1.29, 1.82) is 0 Å². The minimum atomic E-state index is -0.193. The Morgan fingerprint density at radius 1 is 0.758 bits per heavy atom. The Hall–Kier alpha value is -3.96. The number of carbonyl (C=O) groups is 1. The summed E-state index contributed by atoms with van der Waals surface area (Å²) in [5, 5.41) is 3.80. The number of ether oxygens (including phenoxy) is 1. The van der Waals surface area contributed by atoms with Crippen molar-refractivity contribution in [2.24, 2.45) is 0 Å². The molecular formula is C28H19BrN2O2. The molecule has 0 saturated heterocycles. The summed E-state index contributed by atoms with van der Waals surface area (Å²) in [4.78, 5) is 18.0. The highest BCUT2D eigenvalue weighted by Crippen LogP contribution is 2.28. The van der Waals surface area contributed by atoms with E-state index in [-0.39, 0.29) is 5.91 Å². The quantitative estimate of drug-likeness (QED) is 0.272. The van der Waals surface area contributed by atoms with E-state index in [2.05, 4.69) is 21.2 Å². The van der Waals surface area contributed by atoms with Crippen LogP contribution in [0.1, 0.15) is 10.4 Å². The average Bonchev–Trinajstić information content (AvgIpc) is 2.85. The maximum absolute atomic E-state index is 13.3. The zero-order valence-corrected chi connectivity index (χ0v) is 19.1. The van der Waals surface area contributed by atoms with Crippen LogP contribution in [-0.2, 0) is 0 Å². The smallest absolute Gasteiger partial charge is 0.256 e. The molecule has 5 heteroatoms. The van der Waals surface area contributed by atoms with Crippen molar-refractivity contribution in [2.45, 2.75) is 0 Å². The molecule has 5 rings (SSSR count). The lowest BCUT2D eigenvalue weighted by Gasteiger charge is -2.11.